The first-order chi connectivity index (χ1) is 12.4. The monoisotopic (exact) mass is 373 g/mol. The molecule has 0 saturated carbocycles. The molecule has 4 N–H and O–H groups in total. The summed E-state index contributed by atoms with van der Waals surface area (Å²) in [4.78, 5) is 10.1. The van der Waals surface area contributed by atoms with Gasteiger partial charge in [0, 0.05) is 18.9 Å². The van der Waals surface area contributed by atoms with Crippen LogP contribution in [-0.2, 0) is 0 Å². The van der Waals surface area contributed by atoms with Crippen LogP contribution >= 0.6 is 11.9 Å². The lowest BCUT2D eigenvalue weighted by Crippen LogP contribution is -2.18. The molecule has 1 aromatic rings. The minimum Gasteiger partial charge on any atom is -0.404 e. The SMILES string of the molecule is C=C(NS/C(=C/N)C1=NCCCC1)Nc1c(C(C)C)ccnc1C(C)C. The fraction of sp³-hybridized carbons (Fsp3) is 0.500. The van der Waals surface area contributed by atoms with Crippen LogP contribution in [-0.4, -0.2) is 17.2 Å². The number of nitrogens with zero attached hydrogens (tertiary/aromatic N) is 2. The van der Waals surface area contributed by atoms with Crippen LogP contribution in [0, 0.1) is 0 Å². The maximum atomic E-state index is 5.81. The summed E-state index contributed by atoms with van der Waals surface area (Å²) < 4.78 is 3.27. The third-order valence-corrected chi connectivity index (χ3v) is 5.24. The molecule has 1 aliphatic heterocycles. The lowest BCUT2D eigenvalue weighted by molar-refractivity contribution is 0.739. The maximum absolute atomic E-state index is 5.81. The van der Waals surface area contributed by atoms with Crippen molar-refractivity contribution in [3.05, 3.63) is 47.0 Å². The summed E-state index contributed by atoms with van der Waals surface area (Å²) in [7, 11) is 0. The number of nitrogens with one attached hydrogen (secondary N) is 2. The van der Waals surface area contributed by atoms with Gasteiger partial charge in [0.2, 0.25) is 0 Å². The van der Waals surface area contributed by atoms with Crippen molar-refractivity contribution in [1.29, 1.82) is 0 Å². The highest BCUT2D eigenvalue weighted by Crippen LogP contribution is 2.31. The van der Waals surface area contributed by atoms with E-state index in [1.165, 1.54) is 23.9 Å². The smallest absolute Gasteiger partial charge is 0.106 e. The topological polar surface area (TPSA) is 75.3 Å². The van der Waals surface area contributed by atoms with Gasteiger partial charge in [-0.3, -0.25) is 9.98 Å². The van der Waals surface area contributed by atoms with Gasteiger partial charge >= 0.3 is 0 Å². The average molecular weight is 374 g/mol. The third kappa shape index (κ3) is 5.27. The van der Waals surface area contributed by atoms with Crippen molar-refractivity contribution < 1.29 is 0 Å². The first-order valence-electron chi connectivity index (χ1n) is 9.27. The number of allylic oxidation sites excluding steroid dienone is 1. The van der Waals surface area contributed by atoms with Crippen LogP contribution in [0.15, 0.2) is 40.8 Å². The summed E-state index contributed by atoms with van der Waals surface area (Å²) in [6.45, 7) is 13.7. The molecule has 0 fully saturated rings. The van der Waals surface area contributed by atoms with E-state index in [0.717, 1.165) is 41.4 Å². The lowest BCUT2D eigenvalue weighted by Gasteiger charge is -2.21. The van der Waals surface area contributed by atoms with Gasteiger partial charge in [-0.25, -0.2) is 0 Å². The molecule has 0 radical (unpaired) electrons. The van der Waals surface area contributed by atoms with E-state index in [4.69, 9.17) is 5.73 Å². The molecule has 0 saturated heterocycles. The van der Waals surface area contributed by atoms with Gasteiger partial charge in [0.05, 0.1) is 22.0 Å². The third-order valence-electron chi connectivity index (χ3n) is 4.30. The summed E-state index contributed by atoms with van der Waals surface area (Å²) in [6.07, 6.45) is 6.82. The quantitative estimate of drug-likeness (QED) is 0.567. The van der Waals surface area contributed by atoms with Gasteiger partial charge in [-0.15, -0.1) is 0 Å². The molecular formula is C20H31N5S. The van der Waals surface area contributed by atoms with Crippen LogP contribution < -0.4 is 15.8 Å². The van der Waals surface area contributed by atoms with Crippen LogP contribution in [0.1, 0.15) is 70.1 Å². The largest absolute Gasteiger partial charge is 0.404 e. The van der Waals surface area contributed by atoms with E-state index in [1.807, 2.05) is 6.20 Å². The number of rotatable bonds is 8. The molecule has 2 heterocycles. The Morgan fingerprint density at radius 1 is 1.27 bits per heavy atom. The van der Waals surface area contributed by atoms with Crippen LogP contribution in [0.25, 0.3) is 0 Å². The standard InChI is InChI=1S/C20H31N5S/c1-13(2)16-9-11-23-19(14(3)4)20(16)24-15(5)25-26-18(12-21)17-8-6-7-10-22-17/h9,11-14,24-25H,5-8,10,21H2,1-4H3/b18-12+. The molecule has 0 unspecified atom stereocenters. The highest BCUT2D eigenvalue weighted by atomic mass is 32.2. The van der Waals surface area contributed by atoms with Crippen molar-refractivity contribution in [2.24, 2.45) is 10.7 Å². The molecular weight excluding hydrogens is 342 g/mol. The van der Waals surface area contributed by atoms with Gasteiger partial charge in [0.25, 0.3) is 0 Å². The van der Waals surface area contributed by atoms with Gasteiger partial charge in [-0.05, 0) is 54.7 Å². The summed E-state index contributed by atoms with van der Waals surface area (Å²) in [5.74, 6) is 1.44. The highest BCUT2D eigenvalue weighted by molar-refractivity contribution is 8.02. The minimum atomic E-state index is 0.327. The Morgan fingerprint density at radius 2 is 2.04 bits per heavy atom. The first-order valence-corrected chi connectivity index (χ1v) is 10.1. The molecule has 142 valence electrons. The fourth-order valence-electron chi connectivity index (χ4n) is 2.93. The van der Waals surface area contributed by atoms with Gasteiger partial charge in [0.1, 0.15) is 5.82 Å². The van der Waals surface area contributed by atoms with E-state index < -0.39 is 0 Å². The Balaban J connectivity index is 2.09. The maximum Gasteiger partial charge on any atom is 0.106 e. The second-order valence-electron chi connectivity index (χ2n) is 7.09. The number of pyridine rings is 1. The predicted octanol–water partition coefficient (Wildman–Crippen LogP) is 4.87. The molecule has 2 rings (SSSR count). The summed E-state index contributed by atoms with van der Waals surface area (Å²) in [6, 6.07) is 2.07. The predicted molar refractivity (Wildman–Crippen MR) is 114 cm³/mol. The Labute approximate surface area is 161 Å². The number of nitrogens with two attached hydrogens (primary N) is 1. The van der Waals surface area contributed by atoms with E-state index in [-0.39, 0.29) is 0 Å². The molecule has 0 aromatic carbocycles. The van der Waals surface area contributed by atoms with Gasteiger partial charge in [-0.2, -0.15) is 0 Å². The molecule has 1 aromatic heterocycles. The second kappa shape index (κ2) is 9.67. The van der Waals surface area contributed by atoms with Crippen molar-refractivity contribution in [3.8, 4) is 0 Å². The minimum absolute atomic E-state index is 0.327. The van der Waals surface area contributed by atoms with E-state index in [1.54, 1.807) is 6.20 Å². The van der Waals surface area contributed by atoms with E-state index in [9.17, 15) is 0 Å². The van der Waals surface area contributed by atoms with Gasteiger partial charge in [0.15, 0.2) is 0 Å². The van der Waals surface area contributed by atoms with E-state index in [2.05, 4.69) is 60.4 Å². The summed E-state index contributed by atoms with van der Waals surface area (Å²) in [5, 5.41) is 3.43. The van der Waals surface area contributed by atoms with Crippen molar-refractivity contribution in [2.75, 3.05) is 11.9 Å². The lowest BCUT2D eigenvalue weighted by atomic mass is 9.97. The Morgan fingerprint density at radius 3 is 2.62 bits per heavy atom. The van der Waals surface area contributed by atoms with Gasteiger partial charge in [-0.1, -0.05) is 34.3 Å². The van der Waals surface area contributed by atoms with Crippen molar-refractivity contribution in [1.82, 2.24) is 9.71 Å². The molecule has 0 spiro atoms. The fourth-order valence-corrected chi connectivity index (χ4v) is 3.57. The van der Waals surface area contributed by atoms with Crippen LogP contribution in [0.3, 0.4) is 0 Å². The number of aromatic nitrogens is 1. The molecule has 5 nitrogen and oxygen atoms in total. The van der Waals surface area contributed by atoms with Crippen LogP contribution in [0.5, 0.6) is 0 Å². The average Bonchev–Trinajstić information content (AvgIpc) is 2.63. The zero-order chi connectivity index (χ0) is 19.1. The molecule has 0 amide bonds. The molecule has 0 atom stereocenters. The zero-order valence-electron chi connectivity index (χ0n) is 16.3. The van der Waals surface area contributed by atoms with E-state index in [0.29, 0.717) is 17.7 Å². The molecule has 6 heteroatoms. The normalized spacial score (nSPS) is 15.2. The second-order valence-corrected chi connectivity index (χ2v) is 7.94. The van der Waals surface area contributed by atoms with Gasteiger partial charge < -0.3 is 15.8 Å². The Bertz CT molecular complexity index is 665. The number of hydrogen-bond acceptors (Lipinski definition) is 6. The van der Waals surface area contributed by atoms with Crippen molar-refractivity contribution in [3.63, 3.8) is 0 Å². The van der Waals surface area contributed by atoms with Crippen LogP contribution in [0.4, 0.5) is 5.69 Å². The molecule has 0 aliphatic carbocycles. The highest BCUT2D eigenvalue weighted by Gasteiger charge is 2.16. The first kappa shape index (κ1) is 20.4. The van der Waals surface area contributed by atoms with Crippen molar-refractivity contribution >= 4 is 23.3 Å². The van der Waals surface area contributed by atoms with E-state index >= 15 is 0 Å². The number of hydrogen-bond donors (Lipinski definition) is 3. The summed E-state index contributed by atoms with van der Waals surface area (Å²) in [5.41, 5.74) is 10.2. The molecule has 0 bridgehead atoms. The zero-order valence-corrected chi connectivity index (χ0v) is 17.1. The van der Waals surface area contributed by atoms with Crippen LogP contribution in [0.2, 0.25) is 0 Å². The molecule has 26 heavy (non-hydrogen) atoms. The summed E-state index contributed by atoms with van der Waals surface area (Å²) >= 11 is 1.46. The Kier molecular flexibility index (Phi) is 7.57. The molecule has 1 aliphatic rings. The number of aliphatic imine (C=N–C) groups is 1. The Hall–Kier alpha value is -1.95. The number of anilines is 1. The van der Waals surface area contributed by atoms with Crippen molar-refractivity contribution in [2.45, 2.75) is 58.8 Å².